The second-order valence-electron chi connectivity index (χ2n) is 6.31. The predicted molar refractivity (Wildman–Crippen MR) is 80.5 cm³/mol. The van der Waals surface area contributed by atoms with Gasteiger partial charge in [0.15, 0.2) is 0 Å². The van der Waals surface area contributed by atoms with Crippen LogP contribution in [0.2, 0.25) is 0 Å². The lowest BCUT2D eigenvalue weighted by Crippen LogP contribution is -2.12. The van der Waals surface area contributed by atoms with Gasteiger partial charge in [-0.15, -0.1) is 0 Å². The third-order valence-electron chi connectivity index (χ3n) is 3.54. The lowest BCUT2D eigenvalue weighted by Gasteiger charge is -2.22. The molecular formula is C17H23N. The molecule has 0 aliphatic heterocycles. The first-order valence-electron chi connectivity index (χ1n) is 6.65. The van der Waals surface area contributed by atoms with E-state index in [2.05, 4.69) is 58.1 Å². The molecule has 1 aromatic carbocycles. The SMILES string of the molecule is CC1C=CC=C(c2cc(C(C)(C)C)ccc2N)C1. The molecule has 2 rings (SSSR count). The zero-order chi connectivity index (χ0) is 13.3. The van der Waals surface area contributed by atoms with Crippen molar-refractivity contribution in [2.75, 3.05) is 5.73 Å². The Morgan fingerprint density at radius 1 is 1.22 bits per heavy atom. The molecule has 96 valence electrons. The number of hydrogen-bond donors (Lipinski definition) is 1. The molecule has 1 heteroatoms. The summed E-state index contributed by atoms with van der Waals surface area (Å²) in [6, 6.07) is 6.44. The van der Waals surface area contributed by atoms with Crippen LogP contribution in [-0.2, 0) is 5.41 Å². The fourth-order valence-corrected chi connectivity index (χ4v) is 2.34. The van der Waals surface area contributed by atoms with Gasteiger partial charge >= 0.3 is 0 Å². The molecule has 1 aliphatic carbocycles. The highest BCUT2D eigenvalue weighted by molar-refractivity contribution is 5.77. The largest absolute Gasteiger partial charge is 0.398 e. The number of allylic oxidation sites excluding steroid dienone is 4. The molecule has 0 radical (unpaired) electrons. The Balaban J connectivity index is 2.44. The van der Waals surface area contributed by atoms with Gasteiger partial charge in [-0.1, -0.05) is 52.0 Å². The van der Waals surface area contributed by atoms with Gasteiger partial charge in [0.2, 0.25) is 0 Å². The van der Waals surface area contributed by atoms with Crippen molar-refractivity contribution in [2.24, 2.45) is 5.92 Å². The van der Waals surface area contributed by atoms with Crippen LogP contribution in [0.25, 0.3) is 5.57 Å². The maximum atomic E-state index is 6.14. The third-order valence-corrected chi connectivity index (χ3v) is 3.54. The molecule has 0 aromatic heterocycles. The van der Waals surface area contributed by atoms with E-state index in [9.17, 15) is 0 Å². The summed E-state index contributed by atoms with van der Waals surface area (Å²) in [4.78, 5) is 0. The standard InChI is InChI=1S/C17H23N/c1-12-6-5-7-13(10-12)15-11-14(17(2,3)4)8-9-16(15)18/h5-9,11-12H,10,18H2,1-4H3. The van der Waals surface area contributed by atoms with Crippen LogP contribution in [-0.4, -0.2) is 0 Å². The average Bonchev–Trinajstić information content (AvgIpc) is 2.28. The van der Waals surface area contributed by atoms with Crippen LogP contribution in [0, 0.1) is 5.92 Å². The summed E-state index contributed by atoms with van der Waals surface area (Å²) in [6.45, 7) is 8.95. The van der Waals surface area contributed by atoms with Crippen molar-refractivity contribution in [1.29, 1.82) is 0 Å². The maximum Gasteiger partial charge on any atom is 0.0390 e. The van der Waals surface area contributed by atoms with Crippen molar-refractivity contribution in [3.05, 3.63) is 47.6 Å². The smallest absolute Gasteiger partial charge is 0.0390 e. The summed E-state index contributed by atoms with van der Waals surface area (Å²) in [5.74, 6) is 0.600. The molecule has 0 bridgehead atoms. The average molecular weight is 241 g/mol. The van der Waals surface area contributed by atoms with Gasteiger partial charge in [-0.2, -0.15) is 0 Å². The van der Waals surface area contributed by atoms with E-state index in [4.69, 9.17) is 5.73 Å². The first kappa shape index (κ1) is 12.9. The molecule has 0 spiro atoms. The number of nitrogens with two attached hydrogens (primary N) is 1. The molecule has 1 aliphatic rings. The number of hydrogen-bond acceptors (Lipinski definition) is 1. The van der Waals surface area contributed by atoms with Gasteiger partial charge in [-0.25, -0.2) is 0 Å². The van der Waals surface area contributed by atoms with Crippen LogP contribution in [0.3, 0.4) is 0 Å². The molecule has 1 unspecified atom stereocenters. The minimum absolute atomic E-state index is 0.166. The molecule has 1 nitrogen and oxygen atoms in total. The van der Waals surface area contributed by atoms with E-state index in [1.807, 2.05) is 6.07 Å². The van der Waals surface area contributed by atoms with Gasteiger partial charge in [0.05, 0.1) is 0 Å². The van der Waals surface area contributed by atoms with Crippen LogP contribution in [0.4, 0.5) is 5.69 Å². The Morgan fingerprint density at radius 2 is 1.94 bits per heavy atom. The fourth-order valence-electron chi connectivity index (χ4n) is 2.34. The topological polar surface area (TPSA) is 26.0 Å². The molecule has 0 amide bonds. The van der Waals surface area contributed by atoms with E-state index in [1.165, 1.54) is 16.7 Å². The minimum Gasteiger partial charge on any atom is -0.398 e. The van der Waals surface area contributed by atoms with Crippen LogP contribution < -0.4 is 5.73 Å². The lowest BCUT2D eigenvalue weighted by molar-refractivity contribution is 0.590. The highest BCUT2D eigenvalue weighted by Gasteiger charge is 2.17. The van der Waals surface area contributed by atoms with Gasteiger partial charge in [0.1, 0.15) is 0 Å². The van der Waals surface area contributed by atoms with Crippen LogP contribution in [0.5, 0.6) is 0 Å². The first-order chi connectivity index (χ1) is 8.38. The fraction of sp³-hybridized carbons (Fsp3) is 0.412. The quantitative estimate of drug-likeness (QED) is 0.717. The van der Waals surface area contributed by atoms with E-state index in [-0.39, 0.29) is 5.41 Å². The Hall–Kier alpha value is -1.50. The van der Waals surface area contributed by atoms with Gasteiger partial charge in [-0.05, 0) is 41.0 Å². The van der Waals surface area contributed by atoms with Crippen molar-refractivity contribution in [3.63, 3.8) is 0 Å². The van der Waals surface area contributed by atoms with Crippen LogP contribution >= 0.6 is 0 Å². The molecule has 1 atom stereocenters. The lowest BCUT2D eigenvalue weighted by atomic mass is 9.83. The second-order valence-corrected chi connectivity index (χ2v) is 6.31. The minimum atomic E-state index is 0.166. The molecule has 18 heavy (non-hydrogen) atoms. The van der Waals surface area contributed by atoms with Crippen molar-refractivity contribution >= 4 is 11.3 Å². The highest BCUT2D eigenvalue weighted by atomic mass is 14.6. The summed E-state index contributed by atoms with van der Waals surface area (Å²) >= 11 is 0. The molecule has 0 fully saturated rings. The monoisotopic (exact) mass is 241 g/mol. The van der Waals surface area contributed by atoms with Crippen molar-refractivity contribution in [2.45, 2.75) is 39.5 Å². The zero-order valence-electron chi connectivity index (χ0n) is 11.8. The van der Waals surface area contributed by atoms with Crippen LogP contribution in [0.15, 0.2) is 36.4 Å². The van der Waals surface area contributed by atoms with Crippen molar-refractivity contribution < 1.29 is 0 Å². The number of benzene rings is 1. The normalized spacial score (nSPS) is 19.8. The van der Waals surface area contributed by atoms with Crippen molar-refractivity contribution in [1.82, 2.24) is 0 Å². The predicted octanol–water partition coefficient (Wildman–Crippen LogP) is 4.55. The Bertz CT molecular complexity index is 501. The van der Waals surface area contributed by atoms with Gasteiger partial charge in [0, 0.05) is 11.3 Å². The summed E-state index contributed by atoms with van der Waals surface area (Å²) in [6.07, 6.45) is 7.66. The Kier molecular flexibility index (Phi) is 3.34. The first-order valence-corrected chi connectivity index (χ1v) is 6.65. The van der Waals surface area contributed by atoms with E-state index < -0.39 is 0 Å². The van der Waals surface area contributed by atoms with E-state index in [1.54, 1.807) is 0 Å². The number of anilines is 1. The van der Waals surface area contributed by atoms with E-state index in [0.717, 1.165) is 12.1 Å². The summed E-state index contributed by atoms with van der Waals surface area (Å²) in [7, 11) is 0. The molecule has 0 saturated heterocycles. The number of nitrogen functional groups attached to an aromatic ring is 1. The second kappa shape index (κ2) is 4.64. The Labute approximate surface area is 110 Å². The Morgan fingerprint density at radius 3 is 2.56 bits per heavy atom. The van der Waals surface area contributed by atoms with Crippen molar-refractivity contribution in [3.8, 4) is 0 Å². The third kappa shape index (κ3) is 2.66. The maximum absolute atomic E-state index is 6.14. The molecule has 0 heterocycles. The van der Waals surface area contributed by atoms with Gasteiger partial charge in [0.25, 0.3) is 0 Å². The van der Waals surface area contributed by atoms with E-state index in [0.29, 0.717) is 5.92 Å². The molecule has 2 N–H and O–H groups in total. The summed E-state index contributed by atoms with van der Waals surface area (Å²) in [5, 5.41) is 0. The van der Waals surface area contributed by atoms with Crippen LogP contribution in [0.1, 0.15) is 45.2 Å². The summed E-state index contributed by atoms with van der Waals surface area (Å²) in [5.41, 5.74) is 11.1. The molecular weight excluding hydrogens is 218 g/mol. The van der Waals surface area contributed by atoms with Gasteiger partial charge < -0.3 is 5.73 Å². The molecule has 0 saturated carbocycles. The molecule has 1 aromatic rings. The number of rotatable bonds is 1. The zero-order valence-corrected chi connectivity index (χ0v) is 11.8. The van der Waals surface area contributed by atoms with Gasteiger partial charge in [-0.3, -0.25) is 0 Å². The summed E-state index contributed by atoms with van der Waals surface area (Å²) < 4.78 is 0. The highest BCUT2D eigenvalue weighted by Crippen LogP contribution is 2.33. The van der Waals surface area contributed by atoms with E-state index >= 15 is 0 Å².